The van der Waals surface area contributed by atoms with Crippen LogP contribution in [0.5, 0.6) is 0 Å². The summed E-state index contributed by atoms with van der Waals surface area (Å²) in [7, 11) is 0. The Hall–Kier alpha value is -0.820. The largest absolute Gasteiger partial charge is 0.0928 e. The van der Waals surface area contributed by atoms with Crippen LogP contribution in [-0.2, 0) is 6.42 Å². The average Bonchev–Trinajstić information content (AvgIpc) is 2.26. The second-order valence-electron chi connectivity index (χ2n) is 3.47. The van der Waals surface area contributed by atoms with Crippen molar-refractivity contribution in [3.63, 3.8) is 0 Å². The lowest BCUT2D eigenvalue weighted by Gasteiger charge is -2.02. The Morgan fingerprint density at radius 2 is 1.71 bits per heavy atom. The van der Waals surface area contributed by atoms with E-state index in [2.05, 4.69) is 58.4 Å². The molecule has 0 N–H and O–H groups in total. The Labute approximate surface area is 93.1 Å². The molecule has 0 amide bonds. The summed E-state index contributed by atoms with van der Waals surface area (Å²) in [6.07, 6.45) is 2.37. The minimum atomic E-state index is 1.08. The number of hydrogen-bond acceptors (Lipinski definition) is 0. The number of aryl methyl sites for hydroxylation is 1. The highest BCUT2D eigenvalue weighted by molar-refractivity contribution is 9.09. The molecule has 0 radical (unpaired) electrons. The van der Waals surface area contributed by atoms with E-state index in [0.29, 0.717) is 0 Å². The summed E-state index contributed by atoms with van der Waals surface area (Å²) < 4.78 is 0. The number of alkyl halides is 1. The van der Waals surface area contributed by atoms with Gasteiger partial charge in [-0.25, -0.2) is 0 Å². The van der Waals surface area contributed by atoms with Crippen molar-refractivity contribution < 1.29 is 0 Å². The monoisotopic (exact) mass is 248 g/mol. The van der Waals surface area contributed by atoms with Crippen molar-refractivity contribution in [1.29, 1.82) is 0 Å². The van der Waals surface area contributed by atoms with Crippen molar-refractivity contribution in [3.05, 3.63) is 48.0 Å². The highest BCUT2D eigenvalue weighted by Gasteiger charge is 1.95. The molecule has 0 atom stereocenters. The van der Waals surface area contributed by atoms with Crippen LogP contribution in [0.4, 0.5) is 0 Å². The van der Waals surface area contributed by atoms with E-state index in [9.17, 15) is 0 Å². The number of rotatable bonds is 3. The summed E-state index contributed by atoms with van der Waals surface area (Å²) >= 11 is 3.46. The zero-order valence-corrected chi connectivity index (χ0v) is 9.63. The topological polar surface area (TPSA) is 0 Å². The van der Waals surface area contributed by atoms with Gasteiger partial charge in [-0.3, -0.25) is 0 Å². The molecule has 0 fully saturated rings. The fourth-order valence-electron chi connectivity index (χ4n) is 1.67. The van der Waals surface area contributed by atoms with Crippen LogP contribution in [0.2, 0.25) is 0 Å². The molecule has 0 aliphatic heterocycles. The molecule has 0 saturated heterocycles. The van der Waals surface area contributed by atoms with Crippen molar-refractivity contribution in [2.45, 2.75) is 12.8 Å². The van der Waals surface area contributed by atoms with Crippen LogP contribution >= 0.6 is 15.9 Å². The third-order valence-electron chi connectivity index (χ3n) is 2.41. The fourth-order valence-corrected chi connectivity index (χ4v) is 1.95. The van der Waals surface area contributed by atoms with Crippen LogP contribution < -0.4 is 0 Å². The number of fused-ring (bicyclic) bond motifs is 1. The minimum absolute atomic E-state index is 1.08. The predicted molar refractivity (Wildman–Crippen MR) is 66.1 cm³/mol. The third kappa shape index (κ3) is 2.16. The minimum Gasteiger partial charge on any atom is -0.0928 e. The Morgan fingerprint density at radius 1 is 0.929 bits per heavy atom. The first-order chi connectivity index (χ1) is 6.90. The van der Waals surface area contributed by atoms with Gasteiger partial charge in [0.25, 0.3) is 0 Å². The number of benzene rings is 2. The van der Waals surface area contributed by atoms with Crippen molar-refractivity contribution in [2.24, 2.45) is 0 Å². The van der Waals surface area contributed by atoms with Crippen molar-refractivity contribution in [1.82, 2.24) is 0 Å². The van der Waals surface area contributed by atoms with Crippen molar-refractivity contribution in [3.8, 4) is 0 Å². The van der Waals surface area contributed by atoms with Crippen LogP contribution in [0.3, 0.4) is 0 Å². The number of hydrogen-bond donors (Lipinski definition) is 0. The van der Waals surface area contributed by atoms with E-state index in [4.69, 9.17) is 0 Å². The lowest BCUT2D eigenvalue weighted by Crippen LogP contribution is -1.85. The molecule has 0 nitrogen and oxygen atoms in total. The molecule has 0 aliphatic carbocycles. The van der Waals surface area contributed by atoms with Crippen LogP contribution in [0.1, 0.15) is 12.0 Å². The molecule has 2 rings (SSSR count). The van der Waals surface area contributed by atoms with E-state index in [0.717, 1.165) is 11.8 Å². The zero-order chi connectivity index (χ0) is 9.80. The molecule has 14 heavy (non-hydrogen) atoms. The third-order valence-corrected chi connectivity index (χ3v) is 2.97. The van der Waals surface area contributed by atoms with E-state index < -0.39 is 0 Å². The summed E-state index contributed by atoms with van der Waals surface area (Å²) in [5.41, 5.74) is 1.43. The molecule has 0 bridgehead atoms. The molecule has 2 aromatic rings. The Balaban J connectivity index is 2.32. The van der Waals surface area contributed by atoms with Gasteiger partial charge in [-0.2, -0.15) is 0 Å². The summed E-state index contributed by atoms with van der Waals surface area (Å²) in [6, 6.07) is 15.2. The lowest BCUT2D eigenvalue weighted by molar-refractivity contribution is 0.941. The van der Waals surface area contributed by atoms with Gasteiger partial charge in [0.15, 0.2) is 0 Å². The zero-order valence-electron chi connectivity index (χ0n) is 8.04. The van der Waals surface area contributed by atoms with Crippen LogP contribution in [-0.4, -0.2) is 5.33 Å². The number of halogens is 1. The Kier molecular flexibility index (Phi) is 3.20. The molecule has 1 heteroatoms. The van der Waals surface area contributed by atoms with Crippen LogP contribution in [0, 0.1) is 0 Å². The first kappa shape index (κ1) is 9.72. The van der Waals surface area contributed by atoms with E-state index >= 15 is 0 Å². The molecule has 0 unspecified atom stereocenters. The van der Waals surface area contributed by atoms with E-state index in [-0.39, 0.29) is 0 Å². The maximum Gasteiger partial charge on any atom is 0.00344 e. The molecular weight excluding hydrogens is 236 g/mol. The maximum absolute atomic E-state index is 3.46. The highest BCUT2D eigenvalue weighted by atomic mass is 79.9. The molecular formula is C13H13Br. The Morgan fingerprint density at radius 3 is 2.50 bits per heavy atom. The first-order valence-corrected chi connectivity index (χ1v) is 6.06. The predicted octanol–water partition coefficient (Wildman–Crippen LogP) is 4.17. The maximum atomic E-state index is 3.46. The van der Waals surface area contributed by atoms with Gasteiger partial charge in [0, 0.05) is 5.33 Å². The quantitative estimate of drug-likeness (QED) is 0.716. The van der Waals surface area contributed by atoms with Gasteiger partial charge < -0.3 is 0 Å². The van der Waals surface area contributed by atoms with Gasteiger partial charge in [0.1, 0.15) is 0 Å². The van der Waals surface area contributed by atoms with Gasteiger partial charge in [-0.1, -0.05) is 58.4 Å². The van der Waals surface area contributed by atoms with Crippen molar-refractivity contribution >= 4 is 26.7 Å². The molecule has 0 saturated carbocycles. The van der Waals surface area contributed by atoms with Gasteiger partial charge in [0.2, 0.25) is 0 Å². The molecule has 0 aliphatic rings. The standard InChI is InChI=1S/C13H13Br/c14-9-3-4-11-7-8-12-5-1-2-6-13(12)10-11/h1-2,5-8,10H,3-4,9H2. The van der Waals surface area contributed by atoms with E-state index in [1.54, 1.807) is 0 Å². The first-order valence-electron chi connectivity index (χ1n) is 4.94. The summed E-state index contributed by atoms with van der Waals surface area (Å²) in [6.45, 7) is 0. The van der Waals surface area contributed by atoms with Crippen molar-refractivity contribution in [2.75, 3.05) is 5.33 Å². The SMILES string of the molecule is BrCCCc1ccc2ccccc2c1. The van der Waals surface area contributed by atoms with E-state index in [1.807, 2.05) is 0 Å². The van der Waals surface area contributed by atoms with E-state index in [1.165, 1.54) is 22.8 Å². The molecule has 0 aromatic heterocycles. The summed E-state index contributed by atoms with van der Waals surface area (Å²) in [5, 5.41) is 3.76. The lowest BCUT2D eigenvalue weighted by atomic mass is 10.0. The molecule has 0 heterocycles. The summed E-state index contributed by atoms with van der Waals surface area (Å²) in [5.74, 6) is 0. The van der Waals surface area contributed by atoms with Crippen LogP contribution in [0.25, 0.3) is 10.8 Å². The van der Waals surface area contributed by atoms with Gasteiger partial charge >= 0.3 is 0 Å². The highest BCUT2D eigenvalue weighted by Crippen LogP contribution is 2.16. The van der Waals surface area contributed by atoms with Crippen LogP contribution in [0.15, 0.2) is 42.5 Å². The fraction of sp³-hybridized carbons (Fsp3) is 0.231. The molecule has 2 aromatic carbocycles. The molecule has 72 valence electrons. The Bertz CT molecular complexity index is 420. The van der Waals surface area contributed by atoms with Gasteiger partial charge in [-0.05, 0) is 29.2 Å². The molecule has 0 spiro atoms. The normalized spacial score (nSPS) is 10.6. The smallest absolute Gasteiger partial charge is 0.00344 e. The average molecular weight is 249 g/mol. The summed E-state index contributed by atoms with van der Waals surface area (Å²) in [4.78, 5) is 0. The second kappa shape index (κ2) is 4.61. The second-order valence-corrected chi connectivity index (χ2v) is 4.27. The van der Waals surface area contributed by atoms with Gasteiger partial charge in [0.05, 0.1) is 0 Å². The van der Waals surface area contributed by atoms with Gasteiger partial charge in [-0.15, -0.1) is 0 Å².